The molecule has 2 amide bonds. The van der Waals surface area contributed by atoms with Crippen LogP contribution in [0.4, 0.5) is 10.5 Å². The van der Waals surface area contributed by atoms with Gasteiger partial charge in [0, 0.05) is 0 Å². The molecule has 2 aromatic carbocycles. The van der Waals surface area contributed by atoms with Gasteiger partial charge < -0.3 is 0 Å². The predicted octanol–water partition coefficient (Wildman–Crippen LogP) is 5.14. The molecular weight excluding hydrogens is 330 g/mol. The first-order chi connectivity index (χ1) is 11.1. The van der Waals surface area contributed by atoms with Crippen LogP contribution >= 0.6 is 23.4 Å². The van der Waals surface area contributed by atoms with Crippen LogP contribution in [0.25, 0.3) is 6.08 Å². The zero-order chi connectivity index (χ0) is 16.4. The van der Waals surface area contributed by atoms with Crippen LogP contribution in [-0.2, 0) is 11.2 Å². The molecule has 0 spiro atoms. The molecule has 1 heterocycles. The summed E-state index contributed by atoms with van der Waals surface area (Å²) in [5, 5.41) is 0.0443. The third-order valence-corrected chi connectivity index (χ3v) is 4.76. The second-order valence-electron chi connectivity index (χ2n) is 5.06. The maximum atomic E-state index is 12.6. The highest BCUT2D eigenvalue weighted by atomic mass is 35.5. The van der Waals surface area contributed by atoms with Gasteiger partial charge in [-0.25, -0.2) is 4.90 Å². The number of carbonyl (C=O) groups excluding carboxylic acids is 2. The number of carbonyl (C=O) groups is 2. The van der Waals surface area contributed by atoms with E-state index in [1.165, 1.54) is 5.56 Å². The lowest BCUT2D eigenvalue weighted by atomic mass is 10.1. The normalized spacial score (nSPS) is 16.4. The van der Waals surface area contributed by atoms with Crippen LogP contribution in [-0.4, -0.2) is 11.1 Å². The molecule has 1 fully saturated rings. The summed E-state index contributed by atoms with van der Waals surface area (Å²) in [5.74, 6) is -0.340. The van der Waals surface area contributed by atoms with Crippen LogP contribution in [0, 0.1) is 0 Å². The Morgan fingerprint density at radius 1 is 1.09 bits per heavy atom. The van der Waals surface area contributed by atoms with Gasteiger partial charge in [-0.05, 0) is 47.5 Å². The lowest BCUT2D eigenvalue weighted by Gasteiger charge is -2.13. The third-order valence-electron chi connectivity index (χ3n) is 3.57. The minimum Gasteiger partial charge on any atom is -0.268 e. The molecule has 0 bridgehead atoms. The van der Waals surface area contributed by atoms with E-state index < -0.39 is 0 Å². The largest absolute Gasteiger partial charge is 0.298 e. The number of amides is 2. The lowest BCUT2D eigenvalue weighted by molar-refractivity contribution is -0.113. The van der Waals surface area contributed by atoms with Crippen LogP contribution in [0.3, 0.4) is 0 Å². The number of aryl methyl sites for hydroxylation is 1. The second-order valence-corrected chi connectivity index (χ2v) is 6.46. The number of nitrogens with zero attached hydrogens (tertiary/aromatic N) is 1. The number of para-hydroxylation sites is 1. The Bertz CT molecular complexity index is 799. The lowest BCUT2D eigenvalue weighted by Crippen LogP contribution is -2.27. The van der Waals surface area contributed by atoms with Crippen LogP contribution < -0.4 is 4.90 Å². The number of benzene rings is 2. The number of halogens is 1. The Labute approximate surface area is 143 Å². The quantitative estimate of drug-likeness (QED) is 0.724. The average Bonchev–Trinajstić information content (AvgIpc) is 2.83. The highest BCUT2D eigenvalue weighted by Gasteiger charge is 2.37. The maximum Gasteiger partial charge on any atom is 0.298 e. The van der Waals surface area contributed by atoms with Crippen molar-refractivity contribution < 1.29 is 9.59 Å². The van der Waals surface area contributed by atoms with E-state index in [9.17, 15) is 9.59 Å². The monoisotopic (exact) mass is 343 g/mol. The van der Waals surface area contributed by atoms with Crippen LogP contribution in [0.2, 0.25) is 5.02 Å². The minimum absolute atomic E-state index is 0.334. The minimum atomic E-state index is -0.340. The molecular formula is C18H14ClNO2S. The zero-order valence-corrected chi connectivity index (χ0v) is 14.0. The molecule has 0 N–H and O–H groups in total. The van der Waals surface area contributed by atoms with Gasteiger partial charge in [0.05, 0.1) is 15.6 Å². The van der Waals surface area contributed by atoms with E-state index in [1.54, 1.807) is 30.3 Å². The molecule has 0 aromatic heterocycles. The molecule has 1 aliphatic rings. The van der Waals surface area contributed by atoms with E-state index in [2.05, 4.69) is 6.92 Å². The van der Waals surface area contributed by atoms with Crippen molar-refractivity contribution in [1.82, 2.24) is 0 Å². The summed E-state index contributed by atoms with van der Waals surface area (Å²) in [6, 6.07) is 14.8. The van der Waals surface area contributed by atoms with Crippen LogP contribution in [0.15, 0.2) is 53.4 Å². The van der Waals surface area contributed by atoms with E-state index in [0.717, 1.165) is 28.6 Å². The molecule has 0 saturated carbocycles. The first kappa shape index (κ1) is 15.8. The fourth-order valence-electron chi connectivity index (χ4n) is 2.31. The Balaban J connectivity index is 1.91. The van der Waals surface area contributed by atoms with Crippen molar-refractivity contribution in [1.29, 1.82) is 0 Å². The Kier molecular flexibility index (Phi) is 4.55. The van der Waals surface area contributed by atoms with Gasteiger partial charge in [-0.3, -0.25) is 9.59 Å². The zero-order valence-electron chi connectivity index (χ0n) is 12.5. The van der Waals surface area contributed by atoms with Crippen molar-refractivity contribution in [3.8, 4) is 0 Å². The summed E-state index contributed by atoms with van der Waals surface area (Å²) in [7, 11) is 0. The molecule has 23 heavy (non-hydrogen) atoms. The van der Waals surface area contributed by atoms with Crippen LogP contribution in [0.1, 0.15) is 18.1 Å². The molecule has 0 aliphatic carbocycles. The van der Waals surface area contributed by atoms with Gasteiger partial charge in [-0.2, -0.15) is 0 Å². The van der Waals surface area contributed by atoms with Gasteiger partial charge in [0.2, 0.25) is 0 Å². The smallest absolute Gasteiger partial charge is 0.268 e. The molecule has 0 atom stereocenters. The summed E-state index contributed by atoms with van der Waals surface area (Å²) in [5.41, 5.74) is 2.54. The maximum absolute atomic E-state index is 12.6. The van der Waals surface area contributed by atoms with Crippen molar-refractivity contribution in [2.45, 2.75) is 13.3 Å². The first-order valence-corrected chi connectivity index (χ1v) is 8.41. The number of rotatable bonds is 3. The Morgan fingerprint density at radius 2 is 1.78 bits per heavy atom. The Hall–Kier alpha value is -2.04. The van der Waals surface area contributed by atoms with Gasteiger partial charge >= 0.3 is 0 Å². The number of imide groups is 1. The van der Waals surface area contributed by atoms with E-state index in [4.69, 9.17) is 11.6 Å². The van der Waals surface area contributed by atoms with E-state index in [-0.39, 0.29) is 11.1 Å². The van der Waals surface area contributed by atoms with E-state index in [1.807, 2.05) is 24.3 Å². The summed E-state index contributed by atoms with van der Waals surface area (Å²) in [6.07, 6.45) is 2.70. The topological polar surface area (TPSA) is 37.4 Å². The molecule has 3 nitrogen and oxygen atoms in total. The van der Waals surface area contributed by atoms with Crippen molar-refractivity contribution in [2.75, 3.05) is 4.90 Å². The van der Waals surface area contributed by atoms with Crippen molar-refractivity contribution in [2.24, 2.45) is 0 Å². The van der Waals surface area contributed by atoms with Crippen molar-refractivity contribution in [3.63, 3.8) is 0 Å². The number of hydrogen-bond donors (Lipinski definition) is 0. The Morgan fingerprint density at radius 3 is 2.43 bits per heavy atom. The standard InChI is InChI=1S/C18H14ClNO2S/c1-2-12-7-9-13(10-8-12)11-16-17(21)20(18(22)23-16)15-6-4-3-5-14(15)19/h3-11H,2H2,1H3/b16-11+. The highest BCUT2D eigenvalue weighted by molar-refractivity contribution is 8.19. The highest BCUT2D eigenvalue weighted by Crippen LogP contribution is 2.38. The molecule has 3 rings (SSSR count). The summed E-state index contributed by atoms with van der Waals surface area (Å²) >= 11 is 7.03. The first-order valence-electron chi connectivity index (χ1n) is 7.21. The fraction of sp³-hybridized carbons (Fsp3) is 0.111. The molecule has 0 unspecified atom stereocenters. The molecule has 5 heteroatoms. The SMILES string of the molecule is CCc1ccc(/C=C2/SC(=O)N(c3ccccc3Cl)C2=O)cc1. The number of thioether (sulfide) groups is 1. The van der Waals surface area contributed by atoms with Crippen molar-refractivity contribution >= 4 is 46.3 Å². The van der Waals surface area contributed by atoms with Crippen molar-refractivity contribution in [3.05, 3.63) is 69.6 Å². The fourth-order valence-corrected chi connectivity index (χ4v) is 3.36. The van der Waals surface area contributed by atoms with Gasteiger partial charge in [0.25, 0.3) is 11.1 Å². The van der Waals surface area contributed by atoms with E-state index in [0.29, 0.717) is 15.6 Å². The van der Waals surface area contributed by atoms with Gasteiger partial charge in [0.15, 0.2) is 0 Å². The third kappa shape index (κ3) is 3.19. The summed E-state index contributed by atoms with van der Waals surface area (Å²) < 4.78 is 0. The van der Waals surface area contributed by atoms with Gasteiger partial charge in [-0.1, -0.05) is 54.9 Å². The van der Waals surface area contributed by atoms with E-state index >= 15 is 0 Å². The molecule has 116 valence electrons. The number of anilines is 1. The van der Waals surface area contributed by atoms with Crippen LogP contribution in [0.5, 0.6) is 0 Å². The molecule has 1 saturated heterocycles. The summed E-state index contributed by atoms with van der Waals surface area (Å²) in [4.78, 5) is 26.3. The average molecular weight is 344 g/mol. The summed E-state index contributed by atoms with van der Waals surface area (Å²) in [6.45, 7) is 2.09. The van der Waals surface area contributed by atoms with Gasteiger partial charge in [-0.15, -0.1) is 0 Å². The molecule has 1 aliphatic heterocycles. The molecule has 2 aromatic rings. The number of hydrogen-bond acceptors (Lipinski definition) is 3. The predicted molar refractivity (Wildman–Crippen MR) is 95.7 cm³/mol. The molecule has 0 radical (unpaired) electrons. The second kappa shape index (κ2) is 6.60. The van der Waals surface area contributed by atoms with Gasteiger partial charge in [0.1, 0.15) is 0 Å².